The quantitative estimate of drug-likeness (QED) is 0.636. The Balaban J connectivity index is 1.90. The van der Waals surface area contributed by atoms with Crippen LogP contribution in [0.3, 0.4) is 0 Å². The first-order chi connectivity index (χ1) is 9.70. The smallest absolute Gasteiger partial charge is 0.307 e. The van der Waals surface area contributed by atoms with Crippen molar-refractivity contribution >= 4 is 5.97 Å². The maximum absolute atomic E-state index is 11.4. The summed E-state index contributed by atoms with van der Waals surface area (Å²) in [5.74, 6) is -0.920. The van der Waals surface area contributed by atoms with Crippen molar-refractivity contribution in [1.29, 1.82) is 0 Å². The number of hydrogen-bond donors (Lipinski definition) is 3. The predicted octanol–water partition coefficient (Wildman–Crippen LogP) is 1.07. The van der Waals surface area contributed by atoms with Gasteiger partial charge in [0.05, 0.1) is 5.92 Å². The molecule has 2 unspecified atom stereocenters. The Hall–Kier alpha value is -0.650. The molecule has 1 saturated carbocycles. The number of carbonyl (C=O) groups is 1. The van der Waals surface area contributed by atoms with Crippen molar-refractivity contribution in [2.75, 3.05) is 26.2 Å². The van der Waals surface area contributed by atoms with Crippen molar-refractivity contribution in [2.24, 2.45) is 5.92 Å². The van der Waals surface area contributed by atoms with E-state index in [1.165, 1.54) is 32.1 Å². The minimum absolute atomic E-state index is 0.189. The van der Waals surface area contributed by atoms with Gasteiger partial charge in [0.25, 0.3) is 0 Å². The number of likely N-dealkylation sites (tertiary alicyclic amines) is 1. The lowest BCUT2D eigenvalue weighted by atomic mass is 9.88. The second-order valence-corrected chi connectivity index (χ2v) is 6.24. The third-order valence-corrected chi connectivity index (χ3v) is 4.69. The molecule has 0 amide bonds. The van der Waals surface area contributed by atoms with Crippen molar-refractivity contribution in [3.05, 3.63) is 0 Å². The molecule has 5 nitrogen and oxygen atoms in total. The number of aliphatic hydroxyl groups excluding tert-OH is 1. The van der Waals surface area contributed by atoms with Crippen LogP contribution in [-0.2, 0) is 4.79 Å². The summed E-state index contributed by atoms with van der Waals surface area (Å²) in [7, 11) is 0. The number of nitrogens with one attached hydrogen (secondary N) is 1. The van der Waals surface area contributed by atoms with Gasteiger partial charge in [-0.1, -0.05) is 19.3 Å². The fourth-order valence-corrected chi connectivity index (χ4v) is 3.59. The second-order valence-electron chi connectivity index (χ2n) is 6.24. The van der Waals surface area contributed by atoms with Crippen LogP contribution in [0.15, 0.2) is 0 Å². The largest absolute Gasteiger partial charge is 0.481 e. The molecule has 1 heterocycles. The summed E-state index contributed by atoms with van der Waals surface area (Å²) in [5, 5.41) is 21.6. The lowest BCUT2D eigenvalue weighted by molar-refractivity contribution is -0.144. The molecule has 0 aromatic heterocycles. The lowest BCUT2D eigenvalue weighted by Crippen LogP contribution is -2.54. The molecule has 2 aliphatic rings. The molecule has 1 aliphatic heterocycles. The van der Waals surface area contributed by atoms with Gasteiger partial charge in [-0.15, -0.1) is 0 Å². The summed E-state index contributed by atoms with van der Waals surface area (Å²) in [6.07, 6.45) is 7.76. The number of hydrogen-bond acceptors (Lipinski definition) is 4. The van der Waals surface area contributed by atoms with E-state index in [2.05, 4.69) is 10.2 Å². The molecular weight excluding hydrogens is 256 g/mol. The van der Waals surface area contributed by atoms with Gasteiger partial charge in [0.1, 0.15) is 0 Å². The summed E-state index contributed by atoms with van der Waals surface area (Å²) in [6, 6.07) is 0.825. The monoisotopic (exact) mass is 284 g/mol. The maximum atomic E-state index is 11.4. The first kappa shape index (κ1) is 15.7. The van der Waals surface area contributed by atoms with E-state index in [0.717, 1.165) is 19.5 Å². The molecule has 1 aliphatic carbocycles. The summed E-state index contributed by atoms with van der Waals surface area (Å²) < 4.78 is 0. The van der Waals surface area contributed by atoms with Gasteiger partial charge in [-0.2, -0.15) is 0 Å². The van der Waals surface area contributed by atoms with Gasteiger partial charge in [0, 0.05) is 31.8 Å². The summed E-state index contributed by atoms with van der Waals surface area (Å²) in [4.78, 5) is 13.8. The number of carboxylic acids is 1. The first-order valence-electron chi connectivity index (χ1n) is 8.02. The maximum Gasteiger partial charge on any atom is 0.307 e. The van der Waals surface area contributed by atoms with Gasteiger partial charge in [-0.05, 0) is 32.2 Å². The Morgan fingerprint density at radius 1 is 1.20 bits per heavy atom. The molecular formula is C15H28N2O3. The molecule has 3 N–H and O–H groups in total. The van der Waals surface area contributed by atoms with E-state index in [0.29, 0.717) is 19.0 Å². The van der Waals surface area contributed by atoms with Gasteiger partial charge in [-0.25, -0.2) is 0 Å². The molecule has 2 atom stereocenters. The molecule has 0 bridgehead atoms. The number of piperidine rings is 1. The highest BCUT2D eigenvalue weighted by molar-refractivity contribution is 5.70. The van der Waals surface area contributed by atoms with Crippen LogP contribution in [0.1, 0.15) is 44.9 Å². The number of rotatable bonds is 6. The number of carboxylic acid groups (broad SMARTS) is 1. The minimum atomic E-state index is -0.667. The first-order valence-corrected chi connectivity index (χ1v) is 8.02. The van der Waals surface area contributed by atoms with Gasteiger partial charge in [-0.3, -0.25) is 9.69 Å². The molecule has 1 saturated heterocycles. The number of nitrogens with zero attached hydrogens (tertiary/aromatic N) is 1. The van der Waals surface area contributed by atoms with E-state index in [4.69, 9.17) is 5.11 Å². The Labute approximate surface area is 121 Å². The highest BCUT2D eigenvalue weighted by Crippen LogP contribution is 2.27. The average Bonchev–Trinajstić information content (AvgIpc) is 2.48. The van der Waals surface area contributed by atoms with Crippen LogP contribution in [0.25, 0.3) is 0 Å². The van der Waals surface area contributed by atoms with Crippen LogP contribution in [0.4, 0.5) is 0 Å². The van der Waals surface area contributed by atoms with E-state index in [1.54, 1.807) is 0 Å². The zero-order chi connectivity index (χ0) is 14.4. The third kappa shape index (κ3) is 4.43. The van der Waals surface area contributed by atoms with Crippen LogP contribution in [0, 0.1) is 5.92 Å². The van der Waals surface area contributed by atoms with Crippen molar-refractivity contribution in [3.63, 3.8) is 0 Å². The van der Waals surface area contributed by atoms with Crippen LogP contribution in [-0.4, -0.2) is 59.4 Å². The van der Waals surface area contributed by atoms with Gasteiger partial charge < -0.3 is 15.5 Å². The molecule has 2 fully saturated rings. The van der Waals surface area contributed by atoms with Gasteiger partial charge in [0.2, 0.25) is 0 Å². The highest BCUT2D eigenvalue weighted by atomic mass is 16.4. The Bertz CT molecular complexity index is 305. The molecule has 0 spiro atoms. The summed E-state index contributed by atoms with van der Waals surface area (Å²) in [5.41, 5.74) is 0. The van der Waals surface area contributed by atoms with E-state index in [-0.39, 0.29) is 18.6 Å². The normalized spacial score (nSPS) is 29.4. The zero-order valence-electron chi connectivity index (χ0n) is 12.3. The number of aliphatic hydroxyl groups is 1. The minimum Gasteiger partial charge on any atom is -0.481 e. The molecule has 20 heavy (non-hydrogen) atoms. The van der Waals surface area contributed by atoms with E-state index < -0.39 is 5.97 Å². The molecule has 0 aromatic rings. The van der Waals surface area contributed by atoms with Gasteiger partial charge >= 0.3 is 5.97 Å². The predicted molar refractivity (Wildman–Crippen MR) is 77.7 cm³/mol. The fraction of sp³-hybridized carbons (Fsp3) is 0.933. The molecule has 0 radical (unpaired) electrons. The van der Waals surface area contributed by atoms with Crippen LogP contribution >= 0.6 is 0 Å². The molecule has 2 rings (SSSR count). The third-order valence-electron chi connectivity index (χ3n) is 4.69. The molecule has 116 valence electrons. The van der Waals surface area contributed by atoms with Crippen molar-refractivity contribution in [2.45, 2.75) is 57.0 Å². The summed E-state index contributed by atoms with van der Waals surface area (Å²) >= 11 is 0. The second kappa shape index (κ2) is 7.96. The van der Waals surface area contributed by atoms with Gasteiger partial charge in [0.15, 0.2) is 0 Å². The van der Waals surface area contributed by atoms with Crippen molar-refractivity contribution in [3.8, 4) is 0 Å². The summed E-state index contributed by atoms with van der Waals surface area (Å²) in [6.45, 7) is 2.62. The Kier molecular flexibility index (Phi) is 6.26. The standard InChI is InChI=1S/C15H28N2O3/c18-8-4-7-16-13-9-12(15(19)20)10-17(11-13)14-5-2-1-3-6-14/h12-14,16,18H,1-11H2,(H,19,20). The van der Waals surface area contributed by atoms with E-state index in [1.807, 2.05) is 0 Å². The van der Waals surface area contributed by atoms with Crippen LogP contribution < -0.4 is 5.32 Å². The topological polar surface area (TPSA) is 72.8 Å². The van der Waals surface area contributed by atoms with Crippen LogP contribution in [0.5, 0.6) is 0 Å². The number of aliphatic carboxylic acids is 1. The Morgan fingerprint density at radius 2 is 1.95 bits per heavy atom. The highest BCUT2D eigenvalue weighted by Gasteiger charge is 2.34. The average molecular weight is 284 g/mol. The fourth-order valence-electron chi connectivity index (χ4n) is 3.59. The zero-order valence-corrected chi connectivity index (χ0v) is 12.3. The lowest BCUT2D eigenvalue weighted by Gasteiger charge is -2.42. The Morgan fingerprint density at radius 3 is 2.60 bits per heavy atom. The molecule has 5 heteroatoms. The van der Waals surface area contributed by atoms with Crippen molar-refractivity contribution in [1.82, 2.24) is 10.2 Å². The van der Waals surface area contributed by atoms with Crippen LogP contribution in [0.2, 0.25) is 0 Å². The van der Waals surface area contributed by atoms with E-state index >= 15 is 0 Å². The molecule has 0 aromatic carbocycles. The van der Waals surface area contributed by atoms with Crippen molar-refractivity contribution < 1.29 is 15.0 Å². The SMILES string of the molecule is O=C(O)C1CC(NCCCO)CN(C2CCCCC2)C1. The van der Waals surface area contributed by atoms with E-state index in [9.17, 15) is 9.90 Å².